The van der Waals surface area contributed by atoms with E-state index in [0.717, 1.165) is 25.2 Å². The summed E-state index contributed by atoms with van der Waals surface area (Å²) < 4.78 is 0. The third kappa shape index (κ3) is 2.67. The lowest BCUT2D eigenvalue weighted by Crippen LogP contribution is -2.14. The van der Waals surface area contributed by atoms with E-state index in [0.29, 0.717) is 0 Å². The fourth-order valence-electron chi connectivity index (χ4n) is 0.862. The topological polar surface area (TPSA) is 42.7 Å². The van der Waals surface area contributed by atoms with Gasteiger partial charge in [0.1, 0.15) is 0 Å². The summed E-state index contributed by atoms with van der Waals surface area (Å²) in [5, 5.41) is 11.3. The number of nitrogens with one attached hydrogen (secondary N) is 1. The normalized spacial score (nSPS) is 10.4. The van der Waals surface area contributed by atoms with E-state index in [1.807, 2.05) is 7.05 Å². The highest BCUT2D eigenvalue weighted by molar-refractivity contribution is 4.89. The van der Waals surface area contributed by atoms with Gasteiger partial charge in [-0.25, -0.2) is 0 Å². The van der Waals surface area contributed by atoms with Gasteiger partial charge in [-0.3, -0.25) is 0 Å². The molecule has 4 nitrogen and oxygen atoms in total. The first kappa shape index (κ1) is 8.20. The maximum absolute atomic E-state index is 4.13. The Morgan fingerprint density at radius 1 is 1.64 bits per heavy atom. The van der Waals surface area contributed by atoms with Crippen LogP contribution < -0.4 is 5.32 Å². The zero-order valence-corrected chi connectivity index (χ0v) is 7.04. The van der Waals surface area contributed by atoms with E-state index in [4.69, 9.17) is 0 Å². The zero-order valence-electron chi connectivity index (χ0n) is 7.04. The summed E-state index contributed by atoms with van der Waals surface area (Å²) in [5.41, 5.74) is 1.00. The van der Waals surface area contributed by atoms with E-state index in [1.54, 1.807) is 11.0 Å². The Bertz CT molecular complexity index is 206. The predicted octanol–water partition coefficient (Wildman–Crippen LogP) is 0.315. The molecular weight excluding hydrogens is 140 g/mol. The minimum absolute atomic E-state index is 0.821. The molecular formula is C7H14N4. The number of aromatic nitrogens is 3. The van der Waals surface area contributed by atoms with Gasteiger partial charge < -0.3 is 5.32 Å². The van der Waals surface area contributed by atoms with Gasteiger partial charge in [-0.15, -0.1) is 0 Å². The molecule has 0 saturated heterocycles. The Hall–Kier alpha value is -0.900. The number of nitrogens with zero attached hydrogens (tertiary/aromatic N) is 3. The lowest BCUT2D eigenvalue weighted by molar-refractivity contribution is 0.620. The predicted molar refractivity (Wildman–Crippen MR) is 43.0 cm³/mol. The van der Waals surface area contributed by atoms with Gasteiger partial charge in [-0.2, -0.15) is 15.0 Å². The van der Waals surface area contributed by atoms with Gasteiger partial charge in [0.25, 0.3) is 0 Å². The molecule has 0 radical (unpaired) electrons. The van der Waals surface area contributed by atoms with Gasteiger partial charge >= 0.3 is 0 Å². The molecule has 1 rings (SSSR count). The van der Waals surface area contributed by atoms with E-state index in [2.05, 4.69) is 22.4 Å². The van der Waals surface area contributed by atoms with Gasteiger partial charge in [0, 0.05) is 13.6 Å². The zero-order chi connectivity index (χ0) is 8.10. The van der Waals surface area contributed by atoms with E-state index < -0.39 is 0 Å². The van der Waals surface area contributed by atoms with Crippen LogP contribution in [0.3, 0.4) is 0 Å². The fourth-order valence-corrected chi connectivity index (χ4v) is 0.862. The fraction of sp³-hybridized carbons (Fsp3) is 0.714. The highest BCUT2D eigenvalue weighted by Crippen LogP contribution is 1.88. The molecule has 11 heavy (non-hydrogen) atoms. The van der Waals surface area contributed by atoms with Gasteiger partial charge in [0.15, 0.2) is 0 Å². The number of hydrogen-bond acceptors (Lipinski definition) is 3. The second-order valence-corrected chi connectivity index (χ2v) is 2.50. The molecule has 0 aromatic carbocycles. The largest absolute Gasteiger partial charge is 0.311 e. The molecule has 0 fully saturated rings. The standard InChI is InChI=1S/C7H14N4/c1-3-4-8-5-7-6-9-11(2)10-7/h6,8H,3-5H2,1-2H3. The van der Waals surface area contributed by atoms with Crippen molar-refractivity contribution < 1.29 is 0 Å². The van der Waals surface area contributed by atoms with Crippen LogP contribution in [0.25, 0.3) is 0 Å². The minimum Gasteiger partial charge on any atom is -0.311 e. The smallest absolute Gasteiger partial charge is 0.0964 e. The Labute approximate surface area is 66.6 Å². The summed E-state index contributed by atoms with van der Waals surface area (Å²) >= 11 is 0. The van der Waals surface area contributed by atoms with Crippen LogP contribution in [0.4, 0.5) is 0 Å². The molecule has 0 aliphatic rings. The van der Waals surface area contributed by atoms with Crippen molar-refractivity contribution in [2.45, 2.75) is 19.9 Å². The second kappa shape index (κ2) is 4.08. The molecule has 0 atom stereocenters. The van der Waals surface area contributed by atoms with Crippen molar-refractivity contribution in [1.82, 2.24) is 20.3 Å². The molecule has 0 spiro atoms. The van der Waals surface area contributed by atoms with Gasteiger partial charge in [-0.05, 0) is 13.0 Å². The number of hydrogen-bond donors (Lipinski definition) is 1. The van der Waals surface area contributed by atoms with Crippen LogP contribution >= 0.6 is 0 Å². The Balaban J connectivity index is 2.27. The summed E-state index contributed by atoms with van der Waals surface area (Å²) in [7, 11) is 1.82. The van der Waals surface area contributed by atoms with Crippen molar-refractivity contribution in [2.75, 3.05) is 6.54 Å². The van der Waals surface area contributed by atoms with Crippen molar-refractivity contribution >= 4 is 0 Å². The Morgan fingerprint density at radius 3 is 3.00 bits per heavy atom. The third-order valence-corrected chi connectivity index (χ3v) is 1.38. The van der Waals surface area contributed by atoms with E-state index >= 15 is 0 Å². The first-order valence-electron chi connectivity index (χ1n) is 3.89. The van der Waals surface area contributed by atoms with Gasteiger partial charge in [0.05, 0.1) is 11.9 Å². The molecule has 1 heterocycles. The molecule has 0 bridgehead atoms. The van der Waals surface area contributed by atoms with E-state index in [1.165, 1.54) is 0 Å². The first-order chi connectivity index (χ1) is 5.33. The van der Waals surface area contributed by atoms with Crippen molar-refractivity contribution in [3.05, 3.63) is 11.9 Å². The van der Waals surface area contributed by atoms with Crippen LogP contribution in [-0.4, -0.2) is 21.5 Å². The molecule has 0 unspecified atom stereocenters. The quantitative estimate of drug-likeness (QED) is 0.635. The Morgan fingerprint density at radius 2 is 2.45 bits per heavy atom. The van der Waals surface area contributed by atoms with Crippen molar-refractivity contribution in [3.8, 4) is 0 Å². The molecule has 0 saturated carbocycles. The van der Waals surface area contributed by atoms with Crippen molar-refractivity contribution in [2.24, 2.45) is 7.05 Å². The van der Waals surface area contributed by atoms with Gasteiger partial charge in [-0.1, -0.05) is 6.92 Å². The summed E-state index contributed by atoms with van der Waals surface area (Å²) in [5.74, 6) is 0. The molecule has 1 N–H and O–H groups in total. The minimum atomic E-state index is 0.821. The molecule has 0 aliphatic carbocycles. The maximum atomic E-state index is 4.13. The molecule has 0 aliphatic heterocycles. The van der Waals surface area contributed by atoms with E-state index in [9.17, 15) is 0 Å². The Kier molecular flexibility index (Phi) is 3.04. The van der Waals surface area contributed by atoms with Crippen LogP contribution in [0.5, 0.6) is 0 Å². The van der Waals surface area contributed by atoms with Crippen LogP contribution in [0.1, 0.15) is 19.0 Å². The summed E-state index contributed by atoms with van der Waals surface area (Å²) in [6.07, 6.45) is 2.93. The third-order valence-electron chi connectivity index (χ3n) is 1.38. The summed E-state index contributed by atoms with van der Waals surface area (Å²) in [6, 6.07) is 0. The number of aryl methyl sites for hydroxylation is 1. The molecule has 62 valence electrons. The highest BCUT2D eigenvalue weighted by Gasteiger charge is 1.94. The lowest BCUT2D eigenvalue weighted by atomic mass is 10.4. The van der Waals surface area contributed by atoms with Crippen LogP contribution in [0.15, 0.2) is 6.20 Å². The summed E-state index contributed by atoms with van der Waals surface area (Å²) in [6.45, 7) is 4.00. The average molecular weight is 154 g/mol. The monoisotopic (exact) mass is 154 g/mol. The molecule has 4 heteroatoms. The van der Waals surface area contributed by atoms with Crippen LogP contribution in [0.2, 0.25) is 0 Å². The maximum Gasteiger partial charge on any atom is 0.0964 e. The van der Waals surface area contributed by atoms with Gasteiger partial charge in [0.2, 0.25) is 0 Å². The molecule has 1 aromatic heterocycles. The number of rotatable bonds is 4. The van der Waals surface area contributed by atoms with Crippen molar-refractivity contribution in [3.63, 3.8) is 0 Å². The lowest BCUT2D eigenvalue weighted by Gasteiger charge is -1.96. The first-order valence-corrected chi connectivity index (χ1v) is 3.89. The molecule has 1 aromatic rings. The molecule has 0 amide bonds. The van der Waals surface area contributed by atoms with E-state index in [-0.39, 0.29) is 0 Å². The van der Waals surface area contributed by atoms with Crippen LogP contribution in [-0.2, 0) is 13.6 Å². The average Bonchev–Trinajstić information content (AvgIpc) is 2.37. The second-order valence-electron chi connectivity index (χ2n) is 2.50. The van der Waals surface area contributed by atoms with Crippen molar-refractivity contribution in [1.29, 1.82) is 0 Å². The SMILES string of the molecule is CCCNCc1cnn(C)n1. The summed E-state index contributed by atoms with van der Waals surface area (Å²) in [4.78, 5) is 1.57. The highest BCUT2D eigenvalue weighted by atomic mass is 15.4. The van der Waals surface area contributed by atoms with Crippen LogP contribution in [0, 0.1) is 0 Å².